The molecule has 0 fully saturated rings. The number of hydrogen-bond acceptors (Lipinski definition) is 4. The number of carboxylic acid groups (broad SMARTS) is 1. The van der Waals surface area contributed by atoms with E-state index in [-0.39, 0.29) is 11.7 Å². The van der Waals surface area contributed by atoms with Gasteiger partial charge in [0.25, 0.3) is 0 Å². The van der Waals surface area contributed by atoms with Crippen LogP contribution in [0.25, 0.3) is 0 Å². The summed E-state index contributed by atoms with van der Waals surface area (Å²) in [4.78, 5) is 11.6. The van der Waals surface area contributed by atoms with E-state index < -0.39 is 14.3 Å². The van der Waals surface area contributed by atoms with Crippen LogP contribution in [0.15, 0.2) is 48.5 Å². The molecule has 0 aliphatic heterocycles. The molecule has 176 valence electrons. The molecule has 2 aromatic rings. The summed E-state index contributed by atoms with van der Waals surface area (Å²) in [6.07, 6.45) is -0.218. The van der Waals surface area contributed by atoms with Crippen LogP contribution in [0.4, 0.5) is 0 Å². The highest BCUT2D eigenvalue weighted by molar-refractivity contribution is 6.77. The molecular weight excluding hydrogens is 420 g/mol. The third-order valence-corrected chi connectivity index (χ3v) is 12.1. The van der Waals surface area contributed by atoms with Gasteiger partial charge in [-0.3, -0.25) is 0 Å². The van der Waals surface area contributed by atoms with Crippen molar-refractivity contribution in [2.75, 3.05) is 6.61 Å². The van der Waals surface area contributed by atoms with Gasteiger partial charge in [-0.1, -0.05) is 71.9 Å². The third kappa shape index (κ3) is 6.59. The molecule has 0 saturated heterocycles. The number of benzene rings is 2. The van der Waals surface area contributed by atoms with Gasteiger partial charge in [0.2, 0.25) is 8.32 Å². The Kier molecular flexibility index (Phi) is 9.34. The molecule has 0 bridgehead atoms. The lowest BCUT2D eigenvalue weighted by Crippen LogP contribution is -2.49. The third-order valence-electron chi connectivity index (χ3n) is 5.99. The van der Waals surface area contributed by atoms with Gasteiger partial charge in [-0.15, -0.1) is 0 Å². The Morgan fingerprint density at radius 1 is 0.875 bits per heavy atom. The van der Waals surface area contributed by atoms with Crippen molar-refractivity contribution in [3.63, 3.8) is 0 Å². The molecule has 0 heterocycles. The molecule has 0 saturated carbocycles. The highest BCUT2D eigenvalue weighted by atomic mass is 28.4. The van der Waals surface area contributed by atoms with E-state index in [4.69, 9.17) is 13.9 Å². The van der Waals surface area contributed by atoms with Crippen LogP contribution < -0.4 is 9.47 Å². The summed E-state index contributed by atoms with van der Waals surface area (Å²) in [5.74, 6) is -0.0862. The average Bonchev–Trinajstić information content (AvgIpc) is 2.72. The van der Waals surface area contributed by atoms with E-state index in [0.717, 1.165) is 5.56 Å². The molecule has 0 spiro atoms. The van der Waals surface area contributed by atoms with E-state index in [1.54, 1.807) is 6.07 Å². The van der Waals surface area contributed by atoms with E-state index in [1.807, 2.05) is 37.3 Å². The maximum absolute atomic E-state index is 11.6. The fourth-order valence-corrected chi connectivity index (χ4v) is 10.1. The fourth-order valence-electron chi connectivity index (χ4n) is 4.62. The van der Waals surface area contributed by atoms with Crippen LogP contribution in [0, 0.1) is 0 Å². The maximum atomic E-state index is 11.6. The van der Waals surface area contributed by atoms with E-state index in [0.29, 0.717) is 41.3 Å². The molecule has 5 nitrogen and oxygen atoms in total. The van der Waals surface area contributed by atoms with Crippen LogP contribution in [0.5, 0.6) is 11.5 Å². The average molecular weight is 459 g/mol. The molecule has 1 N–H and O–H groups in total. The molecule has 0 aliphatic carbocycles. The first-order chi connectivity index (χ1) is 15.1. The van der Waals surface area contributed by atoms with E-state index in [2.05, 4.69) is 41.5 Å². The summed E-state index contributed by atoms with van der Waals surface area (Å²) < 4.78 is 18.6. The minimum Gasteiger partial charge on any atom is -0.489 e. The van der Waals surface area contributed by atoms with Crippen LogP contribution in [0.1, 0.15) is 64.4 Å². The van der Waals surface area contributed by atoms with E-state index >= 15 is 0 Å². The molecule has 0 aromatic heterocycles. The molecule has 0 unspecified atom stereocenters. The van der Waals surface area contributed by atoms with Crippen molar-refractivity contribution in [3.05, 3.63) is 59.7 Å². The number of rotatable bonds is 12. The number of aromatic carboxylic acids is 1. The van der Waals surface area contributed by atoms with Crippen molar-refractivity contribution in [1.82, 2.24) is 0 Å². The maximum Gasteiger partial charge on any atom is 0.335 e. The summed E-state index contributed by atoms with van der Waals surface area (Å²) in [6, 6.07) is 14.6. The molecule has 6 heteroatoms. The zero-order chi connectivity index (χ0) is 23.9. The van der Waals surface area contributed by atoms with Crippen molar-refractivity contribution in [1.29, 1.82) is 0 Å². The molecule has 0 amide bonds. The second-order valence-electron chi connectivity index (χ2n) is 9.33. The highest BCUT2D eigenvalue weighted by Gasteiger charge is 2.45. The van der Waals surface area contributed by atoms with Crippen LogP contribution in [-0.4, -0.2) is 32.1 Å². The molecule has 2 rings (SSSR count). The second kappa shape index (κ2) is 11.5. The monoisotopic (exact) mass is 458 g/mol. The Morgan fingerprint density at radius 3 is 1.97 bits per heavy atom. The second-order valence-corrected chi connectivity index (χ2v) is 14.8. The normalized spacial score (nSPS) is 12.9. The van der Waals surface area contributed by atoms with Gasteiger partial charge in [-0.25, -0.2) is 4.79 Å². The number of hydrogen-bond donors (Lipinski definition) is 1. The summed E-state index contributed by atoms with van der Waals surface area (Å²) in [5.41, 5.74) is 2.61. The van der Waals surface area contributed by atoms with Crippen molar-refractivity contribution >= 4 is 14.3 Å². The number of ether oxygens (including phenoxy) is 2. The van der Waals surface area contributed by atoms with Crippen molar-refractivity contribution in [2.45, 2.75) is 77.8 Å². The lowest BCUT2D eigenvalue weighted by molar-refractivity contribution is 0.0695. The Balaban J connectivity index is 2.12. The minimum absolute atomic E-state index is 0.133. The largest absolute Gasteiger partial charge is 0.489 e. The minimum atomic E-state index is -2.00. The van der Waals surface area contributed by atoms with Crippen LogP contribution >= 0.6 is 0 Å². The Bertz CT molecular complexity index is 842. The lowest BCUT2D eigenvalue weighted by atomic mass is 10.2. The molecule has 0 aliphatic rings. The summed E-state index contributed by atoms with van der Waals surface area (Å²) >= 11 is 0. The molecular formula is C26H38O5Si. The van der Waals surface area contributed by atoms with E-state index in [1.165, 1.54) is 12.1 Å². The van der Waals surface area contributed by atoms with Crippen molar-refractivity contribution in [3.8, 4) is 11.5 Å². The first kappa shape index (κ1) is 25.9. The molecule has 0 radical (unpaired) electrons. The zero-order valence-electron chi connectivity index (χ0n) is 20.4. The summed E-state index contributed by atoms with van der Waals surface area (Å²) in [6.45, 7) is 16.3. The summed E-state index contributed by atoms with van der Waals surface area (Å²) in [5, 5.41) is 9.52. The van der Waals surface area contributed by atoms with Crippen molar-refractivity contribution < 1.29 is 23.8 Å². The predicted molar refractivity (Wildman–Crippen MR) is 131 cm³/mol. The first-order valence-electron chi connectivity index (χ1n) is 11.4. The topological polar surface area (TPSA) is 65.0 Å². The Labute approximate surface area is 193 Å². The van der Waals surface area contributed by atoms with Gasteiger partial charge in [0.15, 0.2) is 0 Å². The zero-order valence-corrected chi connectivity index (χ0v) is 21.4. The van der Waals surface area contributed by atoms with Gasteiger partial charge in [0.1, 0.15) is 24.2 Å². The van der Waals surface area contributed by atoms with Crippen LogP contribution in [0.2, 0.25) is 16.6 Å². The van der Waals surface area contributed by atoms with Crippen LogP contribution in [-0.2, 0) is 11.0 Å². The van der Waals surface area contributed by atoms with Gasteiger partial charge in [0, 0.05) is 6.07 Å². The Hall–Kier alpha value is -2.31. The van der Waals surface area contributed by atoms with E-state index in [9.17, 15) is 9.90 Å². The SMILES string of the molecule is CC(C)[Si](OC[C@H](C)Oc1cc(OCc2ccccc2)cc(C(=O)O)c1)(C(C)C)C(C)C. The van der Waals surface area contributed by atoms with Gasteiger partial charge in [-0.05, 0) is 41.2 Å². The molecule has 2 aromatic carbocycles. The lowest BCUT2D eigenvalue weighted by Gasteiger charge is -2.42. The highest BCUT2D eigenvalue weighted by Crippen LogP contribution is 2.42. The van der Waals surface area contributed by atoms with Gasteiger partial charge < -0.3 is 19.0 Å². The van der Waals surface area contributed by atoms with Gasteiger partial charge >= 0.3 is 5.97 Å². The van der Waals surface area contributed by atoms with Crippen molar-refractivity contribution in [2.24, 2.45) is 0 Å². The Morgan fingerprint density at radius 2 is 1.44 bits per heavy atom. The summed E-state index contributed by atoms with van der Waals surface area (Å²) in [7, 11) is -2.00. The smallest absolute Gasteiger partial charge is 0.335 e. The number of carbonyl (C=O) groups is 1. The molecule has 1 atom stereocenters. The van der Waals surface area contributed by atoms with Gasteiger partial charge in [0.05, 0.1) is 12.2 Å². The fraction of sp³-hybridized carbons (Fsp3) is 0.500. The van der Waals surface area contributed by atoms with Gasteiger partial charge in [-0.2, -0.15) is 0 Å². The standard InChI is InChI=1S/C26H38O5Si/c1-18(2)32(19(3)4,20(5)6)30-16-21(7)31-25-14-23(26(27)28)13-24(15-25)29-17-22-11-9-8-10-12-22/h8-15,18-21H,16-17H2,1-7H3,(H,27,28)/t21-/m0/s1. The first-order valence-corrected chi connectivity index (χ1v) is 13.6. The van der Waals surface area contributed by atoms with Crippen LogP contribution in [0.3, 0.4) is 0 Å². The molecule has 32 heavy (non-hydrogen) atoms. The predicted octanol–water partition coefficient (Wildman–Crippen LogP) is 6.92. The number of carboxylic acids is 1. The quantitative estimate of drug-likeness (QED) is 0.350.